The average Bonchev–Trinajstić information content (AvgIpc) is 2.53. The van der Waals surface area contributed by atoms with Crippen molar-refractivity contribution in [1.29, 1.82) is 0 Å². The van der Waals surface area contributed by atoms with Gasteiger partial charge in [-0.15, -0.1) is 0 Å². The molecule has 0 fully saturated rings. The van der Waals surface area contributed by atoms with E-state index in [2.05, 4.69) is 5.32 Å². The molecule has 5 nitrogen and oxygen atoms in total. The highest BCUT2D eigenvalue weighted by Gasteiger charge is 2.21. The molecule has 0 aliphatic carbocycles. The van der Waals surface area contributed by atoms with Gasteiger partial charge < -0.3 is 5.32 Å². The second-order valence-electron chi connectivity index (χ2n) is 4.92. The molecular weight excluding hydrogens is 300 g/mol. The van der Waals surface area contributed by atoms with Crippen molar-refractivity contribution in [3.05, 3.63) is 59.7 Å². The van der Waals surface area contributed by atoms with E-state index in [1.54, 1.807) is 48.5 Å². The van der Waals surface area contributed by atoms with Gasteiger partial charge in [-0.1, -0.05) is 23.8 Å². The highest BCUT2D eigenvalue weighted by molar-refractivity contribution is 7.92. The number of rotatable bonds is 4. The Hall–Kier alpha value is -2.34. The number of amides is 1. The lowest BCUT2D eigenvalue weighted by molar-refractivity contribution is 0.0963. The van der Waals surface area contributed by atoms with Gasteiger partial charge in [-0.25, -0.2) is 8.42 Å². The van der Waals surface area contributed by atoms with Gasteiger partial charge in [-0.2, -0.15) is 0 Å². The molecule has 0 saturated carbocycles. The van der Waals surface area contributed by atoms with Crippen LogP contribution in [0, 0.1) is 6.92 Å². The summed E-state index contributed by atoms with van der Waals surface area (Å²) in [4.78, 5) is 11.9. The molecule has 0 spiro atoms. The fourth-order valence-corrected chi connectivity index (χ4v) is 3.18. The summed E-state index contributed by atoms with van der Waals surface area (Å²) >= 11 is 0. The van der Waals surface area contributed by atoms with Crippen molar-refractivity contribution in [2.75, 3.05) is 18.4 Å². The van der Waals surface area contributed by atoms with Crippen molar-refractivity contribution in [3.8, 4) is 0 Å². The quantitative estimate of drug-likeness (QED) is 0.939. The molecule has 0 aliphatic heterocycles. The standard InChI is InChI=1S/C16H18N2O3S/c1-12-7-9-15(10-8-12)22(20,21)18(3)14-6-4-5-13(11-14)16(19)17-2/h4-11H,1-3H3,(H,17,19). The van der Waals surface area contributed by atoms with Crippen molar-refractivity contribution >= 4 is 21.6 Å². The molecule has 22 heavy (non-hydrogen) atoms. The third-order valence-corrected chi connectivity index (χ3v) is 5.18. The average molecular weight is 318 g/mol. The molecule has 6 heteroatoms. The van der Waals surface area contributed by atoms with Crippen molar-refractivity contribution in [2.45, 2.75) is 11.8 Å². The Morgan fingerprint density at radius 2 is 1.73 bits per heavy atom. The second kappa shape index (κ2) is 6.19. The van der Waals surface area contributed by atoms with Crippen molar-refractivity contribution < 1.29 is 13.2 Å². The molecule has 0 aliphatic rings. The van der Waals surface area contributed by atoms with Crippen LogP contribution in [0.15, 0.2) is 53.4 Å². The first kappa shape index (κ1) is 16.0. The van der Waals surface area contributed by atoms with Gasteiger partial charge in [0, 0.05) is 19.7 Å². The topological polar surface area (TPSA) is 66.5 Å². The van der Waals surface area contributed by atoms with Crippen molar-refractivity contribution in [1.82, 2.24) is 5.32 Å². The van der Waals surface area contributed by atoms with E-state index < -0.39 is 10.0 Å². The van der Waals surface area contributed by atoms with E-state index >= 15 is 0 Å². The first-order valence-corrected chi connectivity index (χ1v) is 8.18. The third kappa shape index (κ3) is 3.12. The smallest absolute Gasteiger partial charge is 0.264 e. The lowest BCUT2D eigenvalue weighted by Gasteiger charge is -2.20. The molecule has 2 aromatic rings. The number of carbonyl (C=O) groups excluding carboxylic acids is 1. The highest BCUT2D eigenvalue weighted by atomic mass is 32.2. The molecule has 0 bridgehead atoms. The number of sulfonamides is 1. The lowest BCUT2D eigenvalue weighted by atomic mass is 10.2. The molecule has 0 saturated heterocycles. The summed E-state index contributed by atoms with van der Waals surface area (Å²) in [6.07, 6.45) is 0. The number of nitrogens with zero attached hydrogens (tertiary/aromatic N) is 1. The van der Waals surface area contributed by atoms with Crippen LogP contribution in [0.1, 0.15) is 15.9 Å². The number of anilines is 1. The van der Waals surface area contributed by atoms with Crippen LogP contribution in [0.5, 0.6) is 0 Å². The molecular formula is C16H18N2O3S. The van der Waals surface area contributed by atoms with E-state index in [0.717, 1.165) is 5.56 Å². The summed E-state index contributed by atoms with van der Waals surface area (Å²) in [6.45, 7) is 1.90. The summed E-state index contributed by atoms with van der Waals surface area (Å²) in [7, 11) is -0.656. The van der Waals surface area contributed by atoms with Gasteiger partial charge in [0.25, 0.3) is 15.9 Å². The fourth-order valence-electron chi connectivity index (χ4n) is 1.99. The molecule has 2 rings (SSSR count). The van der Waals surface area contributed by atoms with Gasteiger partial charge in [0.15, 0.2) is 0 Å². The third-order valence-electron chi connectivity index (χ3n) is 3.38. The van der Waals surface area contributed by atoms with Gasteiger partial charge in [-0.3, -0.25) is 9.10 Å². The first-order valence-electron chi connectivity index (χ1n) is 6.74. The van der Waals surface area contributed by atoms with Crippen molar-refractivity contribution in [2.24, 2.45) is 0 Å². The van der Waals surface area contributed by atoms with E-state index in [-0.39, 0.29) is 10.8 Å². The Balaban J connectivity index is 2.40. The molecule has 0 aromatic heterocycles. The van der Waals surface area contributed by atoms with Crippen LogP contribution in [0.4, 0.5) is 5.69 Å². The van der Waals surface area contributed by atoms with Crippen LogP contribution in [0.3, 0.4) is 0 Å². The van der Waals surface area contributed by atoms with E-state index in [4.69, 9.17) is 0 Å². The molecule has 1 amide bonds. The van der Waals surface area contributed by atoms with Gasteiger partial charge in [0.1, 0.15) is 0 Å². The number of benzene rings is 2. The van der Waals surface area contributed by atoms with Crippen LogP contribution in [-0.4, -0.2) is 28.4 Å². The van der Waals surface area contributed by atoms with Crippen LogP contribution < -0.4 is 9.62 Å². The molecule has 0 radical (unpaired) electrons. The van der Waals surface area contributed by atoms with E-state index in [1.807, 2.05) is 6.92 Å². The Bertz CT molecular complexity index is 783. The van der Waals surface area contributed by atoms with E-state index in [0.29, 0.717) is 11.3 Å². The summed E-state index contributed by atoms with van der Waals surface area (Å²) in [5.41, 5.74) is 1.83. The maximum Gasteiger partial charge on any atom is 0.264 e. The number of hydrogen-bond donors (Lipinski definition) is 1. The SMILES string of the molecule is CNC(=O)c1cccc(N(C)S(=O)(=O)c2ccc(C)cc2)c1. The minimum Gasteiger partial charge on any atom is -0.355 e. The fraction of sp³-hybridized carbons (Fsp3) is 0.188. The maximum absolute atomic E-state index is 12.6. The van der Waals surface area contributed by atoms with Crippen molar-refractivity contribution in [3.63, 3.8) is 0 Å². The Labute approximate surface area is 130 Å². The first-order chi connectivity index (χ1) is 10.4. The van der Waals surface area contributed by atoms with Crippen LogP contribution >= 0.6 is 0 Å². The number of nitrogens with one attached hydrogen (secondary N) is 1. The molecule has 2 aromatic carbocycles. The predicted octanol–water partition coefficient (Wildman–Crippen LogP) is 2.18. The number of aryl methyl sites for hydroxylation is 1. The van der Waals surface area contributed by atoms with Gasteiger partial charge in [0.05, 0.1) is 10.6 Å². The minimum atomic E-state index is -3.66. The molecule has 1 N–H and O–H groups in total. The Morgan fingerprint density at radius 1 is 1.09 bits per heavy atom. The second-order valence-corrected chi connectivity index (χ2v) is 6.88. The monoisotopic (exact) mass is 318 g/mol. The zero-order valence-corrected chi connectivity index (χ0v) is 13.5. The molecule has 0 atom stereocenters. The van der Waals surface area contributed by atoms with E-state index in [9.17, 15) is 13.2 Å². The summed E-state index contributed by atoms with van der Waals surface area (Å²) < 4.78 is 26.4. The van der Waals surface area contributed by atoms with Gasteiger partial charge in [-0.05, 0) is 37.3 Å². The molecule has 0 heterocycles. The zero-order valence-electron chi connectivity index (χ0n) is 12.7. The molecule has 0 unspecified atom stereocenters. The van der Waals surface area contributed by atoms with Crippen LogP contribution in [-0.2, 0) is 10.0 Å². The van der Waals surface area contributed by atoms with Gasteiger partial charge >= 0.3 is 0 Å². The van der Waals surface area contributed by atoms with Crippen LogP contribution in [0.2, 0.25) is 0 Å². The predicted molar refractivity (Wildman–Crippen MR) is 86.6 cm³/mol. The molecule has 116 valence electrons. The summed E-state index contributed by atoms with van der Waals surface area (Å²) in [6, 6.07) is 13.1. The summed E-state index contributed by atoms with van der Waals surface area (Å²) in [5.74, 6) is -0.261. The number of hydrogen-bond acceptors (Lipinski definition) is 3. The largest absolute Gasteiger partial charge is 0.355 e. The lowest BCUT2D eigenvalue weighted by Crippen LogP contribution is -2.27. The van der Waals surface area contributed by atoms with E-state index in [1.165, 1.54) is 18.4 Å². The maximum atomic E-state index is 12.6. The highest BCUT2D eigenvalue weighted by Crippen LogP contribution is 2.23. The Kier molecular flexibility index (Phi) is 4.51. The van der Waals surface area contributed by atoms with Gasteiger partial charge in [0.2, 0.25) is 0 Å². The van der Waals surface area contributed by atoms with Crippen LogP contribution in [0.25, 0.3) is 0 Å². The zero-order chi connectivity index (χ0) is 16.3. The number of carbonyl (C=O) groups is 1. The minimum absolute atomic E-state index is 0.214. The normalized spacial score (nSPS) is 11.0. The summed E-state index contributed by atoms with van der Waals surface area (Å²) in [5, 5.41) is 2.52. The Morgan fingerprint density at radius 3 is 2.32 bits per heavy atom.